The smallest absolute Gasteiger partial charge is 0.229 e. The Labute approximate surface area is 166 Å². The second kappa shape index (κ2) is 6.59. The molecule has 3 aromatic rings. The lowest BCUT2D eigenvalue weighted by Gasteiger charge is -2.30. The predicted octanol–water partition coefficient (Wildman–Crippen LogP) is 4.87. The van der Waals surface area contributed by atoms with Crippen LogP contribution in [-0.2, 0) is 16.9 Å². The van der Waals surface area contributed by atoms with Gasteiger partial charge in [-0.2, -0.15) is 0 Å². The maximum Gasteiger partial charge on any atom is 0.229 e. The van der Waals surface area contributed by atoms with E-state index in [2.05, 4.69) is 43.2 Å². The lowest BCUT2D eigenvalue weighted by atomic mass is 9.94. The summed E-state index contributed by atoms with van der Waals surface area (Å²) in [4.78, 5) is 15.0. The van der Waals surface area contributed by atoms with Crippen molar-refractivity contribution in [2.24, 2.45) is 5.92 Å². The summed E-state index contributed by atoms with van der Waals surface area (Å²) in [5, 5.41) is 9.10. The van der Waals surface area contributed by atoms with E-state index in [1.807, 2.05) is 59.8 Å². The highest BCUT2D eigenvalue weighted by atomic mass is 16.2. The SMILES string of the molecule is CC(C)C(=O)N1Cc2ccccc2-c2c(nnn2C(C)(C)C)-c2ccccc21. The van der Waals surface area contributed by atoms with E-state index in [0.717, 1.165) is 33.8 Å². The zero-order chi connectivity index (χ0) is 20.1. The molecule has 5 nitrogen and oxygen atoms in total. The van der Waals surface area contributed by atoms with E-state index in [1.165, 1.54) is 0 Å². The molecule has 2 heterocycles. The Morgan fingerprint density at radius 2 is 1.64 bits per heavy atom. The molecule has 0 bridgehead atoms. The van der Waals surface area contributed by atoms with Gasteiger partial charge in [0.15, 0.2) is 0 Å². The van der Waals surface area contributed by atoms with Crippen molar-refractivity contribution in [1.82, 2.24) is 15.0 Å². The number of rotatable bonds is 1. The van der Waals surface area contributed by atoms with Crippen LogP contribution in [0.4, 0.5) is 5.69 Å². The van der Waals surface area contributed by atoms with Crippen molar-refractivity contribution in [3.05, 3.63) is 54.1 Å². The van der Waals surface area contributed by atoms with Crippen molar-refractivity contribution in [1.29, 1.82) is 0 Å². The second-order valence-corrected chi connectivity index (χ2v) is 8.62. The Hall–Kier alpha value is -2.95. The highest BCUT2D eigenvalue weighted by molar-refractivity contribution is 6.00. The summed E-state index contributed by atoms with van der Waals surface area (Å²) in [6, 6.07) is 16.2. The van der Waals surface area contributed by atoms with Crippen LogP contribution in [0.3, 0.4) is 0 Å². The van der Waals surface area contributed by atoms with Crippen LogP contribution >= 0.6 is 0 Å². The summed E-state index contributed by atoms with van der Waals surface area (Å²) in [5.74, 6) is 0.0123. The van der Waals surface area contributed by atoms with Crippen LogP contribution in [0.25, 0.3) is 22.5 Å². The molecule has 0 aliphatic carbocycles. The highest BCUT2D eigenvalue weighted by Crippen LogP contribution is 2.42. The minimum atomic E-state index is -0.213. The molecule has 0 N–H and O–H groups in total. The summed E-state index contributed by atoms with van der Waals surface area (Å²) in [6.07, 6.45) is 0. The lowest BCUT2D eigenvalue weighted by molar-refractivity contribution is -0.121. The van der Waals surface area contributed by atoms with Gasteiger partial charge in [-0.1, -0.05) is 61.5 Å². The number of fused-ring (bicyclic) bond motifs is 5. The first kappa shape index (κ1) is 18.4. The molecule has 0 atom stereocenters. The summed E-state index contributed by atoms with van der Waals surface area (Å²) in [5.41, 5.74) is 5.62. The standard InChI is InChI=1S/C23H26N4O/c1-15(2)22(28)26-14-16-10-6-7-11-17(16)21-20(18-12-8-9-13-19(18)26)24-25-27(21)23(3,4)5/h6-13,15H,14H2,1-5H3. The van der Waals surface area contributed by atoms with Crippen LogP contribution in [0.2, 0.25) is 0 Å². The maximum absolute atomic E-state index is 13.1. The van der Waals surface area contributed by atoms with Crippen LogP contribution in [0.15, 0.2) is 48.5 Å². The van der Waals surface area contributed by atoms with Gasteiger partial charge in [0.1, 0.15) is 5.69 Å². The maximum atomic E-state index is 13.1. The minimum Gasteiger partial charge on any atom is -0.307 e. The molecule has 0 fully saturated rings. The number of carbonyl (C=O) groups excluding carboxylic acids is 1. The van der Waals surface area contributed by atoms with Crippen molar-refractivity contribution >= 4 is 11.6 Å². The Kier molecular flexibility index (Phi) is 4.33. The first-order valence-corrected chi connectivity index (χ1v) is 9.74. The monoisotopic (exact) mass is 374 g/mol. The Morgan fingerprint density at radius 3 is 2.32 bits per heavy atom. The van der Waals surface area contributed by atoms with Crippen LogP contribution in [0.5, 0.6) is 0 Å². The zero-order valence-electron chi connectivity index (χ0n) is 17.1. The molecule has 1 aliphatic heterocycles. The third kappa shape index (κ3) is 2.91. The fraction of sp³-hybridized carbons (Fsp3) is 0.348. The van der Waals surface area contributed by atoms with E-state index in [4.69, 9.17) is 0 Å². The molecule has 144 valence electrons. The van der Waals surface area contributed by atoms with Crippen molar-refractivity contribution in [3.63, 3.8) is 0 Å². The van der Waals surface area contributed by atoms with Gasteiger partial charge in [0.2, 0.25) is 5.91 Å². The van der Waals surface area contributed by atoms with Crippen LogP contribution in [0, 0.1) is 5.92 Å². The van der Waals surface area contributed by atoms with Gasteiger partial charge in [0, 0.05) is 17.0 Å². The van der Waals surface area contributed by atoms with E-state index >= 15 is 0 Å². The van der Waals surface area contributed by atoms with Crippen LogP contribution < -0.4 is 4.90 Å². The molecule has 0 unspecified atom stereocenters. The number of hydrogen-bond donors (Lipinski definition) is 0. The molecule has 1 aromatic heterocycles. The van der Waals surface area contributed by atoms with Gasteiger partial charge in [-0.25, -0.2) is 4.68 Å². The highest BCUT2D eigenvalue weighted by Gasteiger charge is 2.31. The normalized spacial score (nSPS) is 13.4. The van der Waals surface area contributed by atoms with Crippen LogP contribution in [-0.4, -0.2) is 20.9 Å². The number of para-hydroxylation sites is 1. The molecule has 4 rings (SSSR count). The molecule has 1 amide bonds. The first-order chi connectivity index (χ1) is 13.3. The van der Waals surface area contributed by atoms with E-state index < -0.39 is 0 Å². The van der Waals surface area contributed by atoms with Crippen molar-refractivity contribution < 1.29 is 4.79 Å². The topological polar surface area (TPSA) is 51.0 Å². The fourth-order valence-corrected chi connectivity index (χ4v) is 3.74. The van der Waals surface area contributed by atoms with Gasteiger partial charge in [0.05, 0.1) is 23.5 Å². The summed E-state index contributed by atoms with van der Waals surface area (Å²) >= 11 is 0. The number of anilines is 1. The number of hydrogen-bond acceptors (Lipinski definition) is 3. The van der Waals surface area contributed by atoms with E-state index in [-0.39, 0.29) is 17.4 Å². The molecular formula is C23H26N4O. The van der Waals surface area contributed by atoms with Gasteiger partial charge in [-0.05, 0) is 32.4 Å². The van der Waals surface area contributed by atoms with Gasteiger partial charge in [-0.3, -0.25) is 4.79 Å². The minimum absolute atomic E-state index is 0.0932. The van der Waals surface area contributed by atoms with E-state index in [1.54, 1.807) is 0 Å². The lowest BCUT2D eigenvalue weighted by Crippen LogP contribution is -2.35. The number of benzene rings is 2. The molecule has 28 heavy (non-hydrogen) atoms. The molecule has 0 spiro atoms. The second-order valence-electron chi connectivity index (χ2n) is 8.62. The number of aromatic nitrogens is 3. The van der Waals surface area contributed by atoms with Gasteiger partial charge < -0.3 is 4.90 Å². The Bertz CT molecular complexity index is 1040. The Morgan fingerprint density at radius 1 is 1.00 bits per heavy atom. The average Bonchev–Trinajstić information content (AvgIpc) is 3.09. The van der Waals surface area contributed by atoms with Gasteiger partial charge in [-0.15, -0.1) is 5.10 Å². The fourth-order valence-electron chi connectivity index (χ4n) is 3.74. The number of carbonyl (C=O) groups is 1. The van der Waals surface area contributed by atoms with Gasteiger partial charge >= 0.3 is 0 Å². The number of nitrogens with zero attached hydrogens (tertiary/aromatic N) is 4. The quantitative estimate of drug-likeness (QED) is 0.611. The molecular weight excluding hydrogens is 348 g/mol. The zero-order valence-corrected chi connectivity index (χ0v) is 17.1. The van der Waals surface area contributed by atoms with E-state index in [9.17, 15) is 4.79 Å². The molecule has 0 saturated heterocycles. The molecule has 2 aromatic carbocycles. The predicted molar refractivity (Wildman–Crippen MR) is 112 cm³/mol. The molecule has 1 aliphatic rings. The van der Waals surface area contributed by atoms with Crippen LogP contribution in [0.1, 0.15) is 40.2 Å². The van der Waals surface area contributed by atoms with Crippen molar-refractivity contribution in [3.8, 4) is 22.5 Å². The summed E-state index contributed by atoms with van der Waals surface area (Å²) in [7, 11) is 0. The molecule has 0 radical (unpaired) electrons. The number of amides is 1. The van der Waals surface area contributed by atoms with E-state index in [0.29, 0.717) is 6.54 Å². The largest absolute Gasteiger partial charge is 0.307 e. The summed E-state index contributed by atoms with van der Waals surface area (Å²) < 4.78 is 2.00. The third-order valence-electron chi connectivity index (χ3n) is 5.12. The average molecular weight is 374 g/mol. The third-order valence-corrected chi connectivity index (χ3v) is 5.12. The molecule has 0 saturated carbocycles. The Balaban J connectivity index is 2.08. The first-order valence-electron chi connectivity index (χ1n) is 9.74. The molecule has 5 heteroatoms. The van der Waals surface area contributed by atoms with Crippen molar-refractivity contribution in [2.45, 2.75) is 46.7 Å². The summed E-state index contributed by atoms with van der Waals surface area (Å²) in [6.45, 7) is 10.8. The van der Waals surface area contributed by atoms with Crippen molar-refractivity contribution in [2.75, 3.05) is 4.90 Å². The van der Waals surface area contributed by atoms with Gasteiger partial charge in [0.25, 0.3) is 0 Å².